The largest absolute Gasteiger partial charge is 0.497 e. The van der Waals surface area contributed by atoms with Crippen molar-refractivity contribution in [2.45, 2.75) is 57.2 Å². The highest BCUT2D eigenvalue weighted by Gasteiger charge is 2.41. The number of nitriles is 1. The van der Waals surface area contributed by atoms with Crippen molar-refractivity contribution in [2.24, 2.45) is 7.05 Å². The molecule has 0 aliphatic carbocycles. The van der Waals surface area contributed by atoms with Crippen molar-refractivity contribution in [2.75, 3.05) is 7.11 Å². The van der Waals surface area contributed by atoms with Gasteiger partial charge in [0, 0.05) is 31.4 Å². The number of ether oxygens (including phenoxy) is 1. The average molecular weight is 349 g/mol. The molecule has 136 valence electrons. The minimum absolute atomic E-state index is 0.654. The van der Waals surface area contributed by atoms with Crippen molar-refractivity contribution in [1.82, 2.24) is 9.47 Å². The lowest BCUT2D eigenvalue weighted by Gasteiger charge is -2.39. The third-order valence-corrected chi connectivity index (χ3v) is 6.58. The fraction of sp³-hybridized carbons (Fsp3) is 0.500. The maximum Gasteiger partial charge on any atom is 0.120 e. The van der Waals surface area contributed by atoms with Gasteiger partial charge in [0.1, 0.15) is 17.5 Å². The van der Waals surface area contributed by atoms with Gasteiger partial charge in [-0.05, 0) is 67.9 Å². The maximum absolute atomic E-state index is 9.28. The number of benzene rings is 1. The van der Waals surface area contributed by atoms with Gasteiger partial charge in [0.2, 0.25) is 0 Å². The highest BCUT2D eigenvalue weighted by Crippen LogP contribution is 2.44. The van der Waals surface area contributed by atoms with Crippen molar-refractivity contribution in [1.29, 1.82) is 5.26 Å². The molecule has 0 amide bonds. The zero-order valence-corrected chi connectivity index (χ0v) is 15.9. The van der Waals surface area contributed by atoms with Crippen LogP contribution >= 0.6 is 0 Å². The maximum atomic E-state index is 9.28. The Morgan fingerprint density at radius 2 is 1.81 bits per heavy atom. The van der Waals surface area contributed by atoms with E-state index >= 15 is 0 Å². The summed E-state index contributed by atoms with van der Waals surface area (Å²) < 4.78 is 7.31. The number of nitrogens with zero attached hydrogens (tertiary/aromatic N) is 3. The molecule has 4 heteroatoms. The number of rotatable bonds is 4. The summed E-state index contributed by atoms with van der Waals surface area (Å²) in [6.45, 7) is 3.11. The van der Waals surface area contributed by atoms with Crippen LogP contribution < -0.4 is 4.74 Å². The van der Waals surface area contributed by atoms with Gasteiger partial charge in [-0.2, -0.15) is 5.26 Å². The Labute approximate surface area is 156 Å². The number of hydrogen-bond donors (Lipinski definition) is 0. The molecule has 2 saturated heterocycles. The van der Waals surface area contributed by atoms with Crippen LogP contribution in [0.15, 0.2) is 30.3 Å². The SMILES string of the molecule is COc1ccc(C2C[C@H]3CC[C@@H](C2)N3Cc2cc(C#N)n(C)c2C)cc1. The number of hydrogen-bond acceptors (Lipinski definition) is 3. The first-order valence-electron chi connectivity index (χ1n) is 9.55. The van der Waals surface area contributed by atoms with Gasteiger partial charge < -0.3 is 9.30 Å². The summed E-state index contributed by atoms with van der Waals surface area (Å²) in [4.78, 5) is 2.70. The van der Waals surface area contributed by atoms with Gasteiger partial charge in [0.15, 0.2) is 0 Å². The van der Waals surface area contributed by atoms with Crippen molar-refractivity contribution in [3.63, 3.8) is 0 Å². The molecule has 2 aliphatic heterocycles. The van der Waals surface area contributed by atoms with E-state index in [0.717, 1.165) is 18.0 Å². The third kappa shape index (κ3) is 2.91. The molecule has 0 N–H and O–H groups in total. The van der Waals surface area contributed by atoms with Gasteiger partial charge in [-0.15, -0.1) is 0 Å². The topological polar surface area (TPSA) is 41.2 Å². The molecular weight excluding hydrogens is 322 g/mol. The van der Waals surface area contributed by atoms with Crippen LogP contribution in [-0.4, -0.2) is 28.7 Å². The molecule has 2 fully saturated rings. The molecule has 0 saturated carbocycles. The van der Waals surface area contributed by atoms with E-state index in [1.54, 1.807) is 7.11 Å². The summed E-state index contributed by atoms with van der Waals surface area (Å²) in [6.07, 6.45) is 5.07. The van der Waals surface area contributed by atoms with E-state index in [-0.39, 0.29) is 0 Å². The molecular formula is C22H27N3O. The standard InChI is InChI=1S/C22H27N3O/c1-15-18(12-21(13-23)24(15)2)14-25-19-6-7-20(25)11-17(10-19)16-4-8-22(26-3)9-5-16/h4-5,8-9,12,17,19-20H,6-7,10-11,14H2,1-3H3/t17?,19-,20+. The van der Waals surface area contributed by atoms with E-state index in [2.05, 4.69) is 48.2 Å². The lowest BCUT2D eigenvalue weighted by Crippen LogP contribution is -2.41. The minimum atomic E-state index is 0.654. The molecule has 26 heavy (non-hydrogen) atoms. The second-order valence-corrected chi connectivity index (χ2v) is 7.81. The second kappa shape index (κ2) is 6.81. The van der Waals surface area contributed by atoms with Crippen LogP contribution in [0.1, 0.15) is 54.1 Å². The molecule has 3 heterocycles. The molecule has 1 aromatic heterocycles. The van der Waals surface area contributed by atoms with Crippen LogP contribution in [0.2, 0.25) is 0 Å². The van der Waals surface area contributed by atoms with Gasteiger partial charge in [0.25, 0.3) is 0 Å². The van der Waals surface area contributed by atoms with E-state index in [9.17, 15) is 5.26 Å². The smallest absolute Gasteiger partial charge is 0.120 e. The van der Waals surface area contributed by atoms with Crippen molar-refractivity contribution < 1.29 is 4.74 Å². The van der Waals surface area contributed by atoms with Gasteiger partial charge in [0.05, 0.1) is 7.11 Å². The molecule has 3 atom stereocenters. The number of aromatic nitrogens is 1. The predicted molar refractivity (Wildman–Crippen MR) is 102 cm³/mol. The molecule has 0 spiro atoms. The molecule has 1 aromatic carbocycles. The Morgan fingerprint density at radius 1 is 1.15 bits per heavy atom. The molecule has 0 radical (unpaired) electrons. The lowest BCUT2D eigenvalue weighted by molar-refractivity contribution is 0.118. The Balaban J connectivity index is 1.49. The summed E-state index contributed by atoms with van der Waals surface area (Å²) in [5.41, 5.74) is 4.74. The third-order valence-electron chi connectivity index (χ3n) is 6.58. The van der Waals surface area contributed by atoms with Crippen LogP contribution in [0.3, 0.4) is 0 Å². The van der Waals surface area contributed by atoms with Crippen molar-refractivity contribution in [3.8, 4) is 11.8 Å². The molecule has 2 bridgehead atoms. The Morgan fingerprint density at radius 3 is 2.35 bits per heavy atom. The minimum Gasteiger partial charge on any atom is -0.497 e. The normalized spacial score (nSPS) is 25.2. The number of fused-ring (bicyclic) bond motifs is 2. The highest BCUT2D eigenvalue weighted by atomic mass is 16.5. The summed E-state index contributed by atoms with van der Waals surface area (Å²) in [7, 11) is 3.71. The first-order chi connectivity index (χ1) is 12.6. The van der Waals surface area contributed by atoms with E-state index in [1.165, 1.54) is 42.5 Å². The summed E-state index contributed by atoms with van der Waals surface area (Å²) in [5, 5.41) is 9.28. The van der Waals surface area contributed by atoms with Gasteiger partial charge in [-0.1, -0.05) is 12.1 Å². The number of methoxy groups -OCH3 is 1. The summed E-state index contributed by atoms with van der Waals surface area (Å²) in [6, 6.07) is 14.3. The fourth-order valence-electron chi connectivity index (χ4n) is 4.91. The van der Waals surface area contributed by atoms with E-state index in [0.29, 0.717) is 18.0 Å². The van der Waals surface area contributed by atoms with E-state index < -0.39 is 0 Å². The van der Waals surface area contributed by atoms with Crippen LogP contribution in [0, 0.1) is 18.3 Å². The molecule has 4 nitrogen and oxygen atoms in total. The average Bonchev–Trinajstić information content (AvgIpc) is 3.06. The number of piperidine rings is 1. The molecule has 2 aromatic rings. The van der Waals surface area contributed by atoms with Crippen LogP contribution in [0.5, 0.6) is 5.75 Å². The van der Waals surface area contributed by atoms with Gasteiger partial charge in [-0.25, -0.2) is 0 Å². The van der Waals surface area contributed by atoms with Gasteiger partial charge >= 0.3 is 0 Å². The molecule has 2 aliphatic rings. The van der Waals surface area contributed by atoms with Crippen molar-refractivity contribution >= 4 is 0 Å². The predicted octanol–water partition coefficient (Wildman–Crippen LogP) is 4.12. The zero-order valence-electron chi connectivity index (χ0n) is 15.9. The van der Waals surface area contributed by atoms with Gasteiger partial charge in [-0.3, -0.25) is 4.90 Å². The second-order valence-electron chi connectivity index (χ2n) is 7.81. The monoisotopic (exact) mass is 349 g/mol. The summed E-state index contributed by atoms with van der Waals surface area (Å²) in [5.74, 6) is 1.59. The Hall–Kier alpha value is -2.25. The Bertz CT molecular complexity index is 816. The molecule has 4 rings (SSSR count). The highest BCUT2D eigenvalue weighted by molar-refractivity contribution is 5.35. The van der Waals surface area contributed by atoms with Crippen LogP contribution in [-0.2, 0) is 13.6 Å². The van der Waals surface area contributed by atoms with E-state index in [1.807, 2.05) is 11.6 Å². The Kier molecular flexibility index (Phi) is 4.50. The van der Waals surface area contributed by atoms with E-state index in [4.69, 9.17) is 4.74 Å². The quantitative estimate of drug-likeness (QED) is 0.833. The van der Waals surface area contributed by atoms with Crippen molar-refractivity contribution in [3.05, 3.63) is 52.8 Å². The lowest BCUT2D eigenvalue weighted by atomic mass is 9.85. The van der Waals surface area contributed by atoms with Crippen LogP contribution in [0.4, 0.5) is 0 Å². The first-order valence-corrected chi connectivity index (χ1v) is 9.55. The fourth-order valence-corrected chi connectivity index (χ4v) is 4.91. The van der Waals surface area contributed by atoms with Crippen LogP contribution in [0.25, 0.3) is 0 Å². The summed E-state index contributed by atoms with van der Waals surface area (Å²) >= 11 is 0. The zero-order chi connectivity index (χ0) is 18.3. The molecule has 1 unspecified atom stereocenters. The first kappa shape index (κ1) is 17.2.